The van der Waals surface area contributed by atoms with Gasteiger partial charge in [-0.1, -0.05) is 42.1 Å². The predicted molar refractivity (Wildman–Crippen MR) is 123 cm³/mol. The number of aryl methyl sites for hydroxylation is 1. The molecule has 7 nitrogen and oxygen atoms in total. The molecule has 2 aromatic carbocycles. The lowest BCUT2D eigenvalue weighted by molar-refractivity contribution is -0.113. The predicted octanol–water partition coefficient (Wildman–Crippen LogP) is 4.40. The summed E-state index contributed by atoms with van der Waals surface area (Å²) in [5, 5.41) is 12.0. The number of amides is 1. The van der Waals surface area contributed by atoms with Crippen LogP contribution in [-0.4, -0.2) is 33.5 Å². The zero-order valence-electron chi connectivity index (χ0n) is 17.9. The Morgan fingerprint density at radius 2 is 1.94 bits per heavy atom. The Labute approximate surface area is 186 Å². The summed E-state index contributed by atoms with van der Waals surface area (Å²) in [7, 11) is 1.57. The highest BCUT2D eigenvalue weighted by Crippen LogP contribution is 2.25. The third-order valence-electron chi connectivity index (χ3n) is 4.73. The van der Waals surface area contributed by atoms with Crippen LogP contribution in [-0.2, 0) is 17.9 Å². The first-order valence-electron chi connectivity index (χ1n) is 9.81. The average molecular weight is 439 g/mol. The molecule has 3 rings (SSSR count). The topological polar surface area (TPSA) is 78.3 Å². The molecular weight excluding hydrogens is 412 g/mol. The molecule has 0 aliphatic heterocycles. The highest BCUT2D eigenvalue weighted by atomic mass is 32.2. The van der Waals surface area contributed by atoms with Crippen LogP contribution in [0.1, 0.15) is 17.0 Å². The van der Waals surface area contributed by atoms with Gasteiger partial charge in [0.2, 0.25) is 5.91 Å². The van der Waals surface area contributed by atoms with Crippen LogP contribution in [0.4, 0.5) is 5.69 Å². The van der Waals surface area contributed by atoms with Crippen molar-refractivity contribution in [1.29, 1.82) is 0 Å². The van der Waals surface area contributed by atoms with Gasteiger partial charge in [-0.25, -0.2) is 0 Å². The number of allylic oxidation sites excluding steroid dienone is 1. The Balaban J connectivity index is 1.65. The lowest BCUT2D eigenvalue weighted by Crippen LogP contribution is -2.15. The molecule has 1 aromatic heterocycles. The van der Waals surface area contributed by atoms with Crippen LogP contribution in [0.15, 0.2) is 60.3 Å². The quantitative estimate of drug-likeness (QED) is 0.373. The van der Waals surface area contributed by atoms with E-state index in [0.29, 0.717) is 29.0 Å². The van der Waals surface area contributed by atoms with Crippen molar-refractivity contribution < 1.29 is 14.3 Å². The van der Waals surface area contributed by atoms with E-state index in [4.69, 9.17) is 9.47 Å². The molecule has 0 aliphatic carbocycles. The number of hydrogen-bond donors (Lipinski definition) is 1. The number of rotatable bonds is 10. The summed E-state index contributed by atoms with van der Waals surface area (Å²) in [5.41, 5.74) is 2.90. The van der Waals surface area contributed by atoms with Gasteiger partial charge in [0.1, 0.15) is 18.1 Å². The molecule has 0 saturated carbocycles. The number of aromatic nitrogens is 3. The summed E-state index contributed by atoms with van der Waals surface area (Å²) >= 11 is 1.31. The fourth-order valence-corrected chi connectivity index (χ4v) is 3.70. The first kappa shape index (κ1) is 22.4. The number of nitrogens with zero attached hydrogens (tertiary/aromatic N) is 3. The van der Waals surface area contributed by atoms with Crippen LogP contribution in [0, 0.1) is 13.8 Å². The van der Waals surface area contributed by atoms with E-state index in [-0.39, 0.29) is 18.3 Å². The standard InChI is InChI=1S/C23H26N4O3S/c1-5-13-27-21(14-30-19-12-8-9-16(2)17(19)3)25-26-23(27)31-15-22(28)24-18-10-6-7-11-20(18)29-4/h5-12H,1,13-15H2,2-4H3,(H,24,28). The normalized spacial score (nSPS) is 10.5. The van der Waals surface area contributed by atoms with E-state index < -0.39 is 0 Å². The average Bonchev–Trinajstić information content (AvgIpc) is 3.15. The minimum absolute atomic E-state index is 0.157. The first-order valence-corrected chi connectivity index (χ1v) is 10.8. The van der Waals surface area contributed by atoms with Gasteiger partial charge in [-0.05, 0) is 43.2 Å². The maximum Gasteiger partial charge on any atom is 0.234 e. The number of benzene rings is 2. The van der Waals surface area contributed by atoms with Crippen LogP contribution >= 0.6 is 11.8 Å². The minimum Gasteiger partial charge on any atom is -0.495 e. The van der Waals surface area contributed by atoms with Crippen LogP contribution in [0.5, 0.6) is 11.5 Å². The lowest BCUT2D eigenvalue weighted by Gasteiger charge is -2.12. The summed E-state index contributed by atoms with van der Waals surface area (Å²) < 4.78 is 13.1. The van der Waals surface area contributed by atoms with Crippen LogP contribution in [0.2, 0.25) is 0 Å². The second kappa shape index (κ2) is 10.7. The minimum atomic E-state index is -0.157. The van der Waals surface area contributed by atoms with Crippen molar-refractivity contribution in [2.24, 2.45) is 0 Å². The molecule has 1 heterocycles. The van der Waals surface area contributed by atoms with Crippen molar-refractivity contribution in [2.75, 3.05) is 18.2 Å². The van der Waals surface area contributed by atoms with Crippen LogP contribution in [0.3, 0.4) is 0 Å². The SMILES string of the molecule is C=CCn1c(COc2cccc(C)c2C)nnc1SCC(=O)Nc1ccccc1OC. The Morgan fingerprint density at radius 3 is 2.71 bits per heavy atom. The maximum absolute atomic E-state index is 12.4. The molecule has 162 valence electrons. The van der Waals surface area contributed by atoms with E-state index in [9.17, 15) is 4.79 Å². The molecule has 31 heavy (non-hydrogen) atoms. The zero-order chi connectivity index (χ0) is 22.2. The largest absolute Gasteiger partial charge is 0.495 e. The lowest BCUT2D eigenvalue weighted by atomic mass is 10.1. The Kier molecular flexibility index (Phi) is 7.72. The van der Waals surface area contributed by atoms with Crippen molar-refractivity contribution >= 4 is 23.4 Å². The van der Waals surface area contributed by atoms with Gasteiger partial charge in [0, 0.05) is 6.54 Å². The van der Waals surface area contributed by atoms with Crippen LogP contribution in [0.25, 0.3) is 0 Å². The van der Waals surface area contributed by atoms with Crippen molar-refractivity contribution in [1.82, 2.24) is 14.8 Å². The number of carbonyl (C=O) groups excluding carboxylic acids is 1. The number of methoxy groups -OCH3 is 1. The summed E-state index contributed by atoms with van der Waals surface area (Å²) in [6, 6.07) is 13.2. The van der Waals surface area contributed by atoms with Gasteiger partial charge in [0.25, 0.3) is 0 Å². The number of carbonyl (C=O) groups is 1. The summed E-state index contributed by atoms with van der Waals surface area (Å²) in [5.74, 6) is 2.13. The third kappa shape index (κ3) is 5.67. The molecule has 0 radical (unpaired) electrons. The number of para-hydroxylation sites is 2. The second-order valence-electron chi connectivity index (χ2n) is 6.82. The van der Waals surface area contributed by atoms with Crippen molar-refractivity contribution in [3.05, 3.63) is 72.1 Å². The van der Waals surface area contributed by atoms with Crippen LogP contribution < -0.4 is 14.8 Å². The first-order chi connectivity index (χ1) is 15.0. The molecule has 0 fully saturated rings. The van der Waals surface area contributed by atoms with Crippen molar-refractivity contribution in [2.45, 2.75) is 32.2 Å². The second-order valence-corrected chi connectivity index (χ2v) is 7.76. The highest BCUT2D eigenvalue weighted by Gasteiger charge is 2.15. The molecule has 0 atom stereocenters. The molecule has 1 amide bonds. The molecule has 0 unspecified atom stereocenters. The Morgan fingerprint density at radius 1 is 1.16 bits per heavy atom. The molecule has 3 aromatic rings. The number of thioether (sulfide) groups is 1. The van der Waals surface area contributed by atoms with E-state index in [1.807, 2.05) is 48.7 Å². The van der Waals surface area contributed by atoms with E-state index in [0.717, 1.165) is 11.3 Å². The van der Waals surface area contributed by atoms with Gasteiger partial charge < -0.3 is 14.8 Å². The molecule has 0 aliphatic rings. The molecule has 1 N–H and O–H groups in total. The summed E-state index contributed by atoms with van der Waals surface area (Å²) in [4.78, 5) is 12.4. The van der Waals surface area contributed by atoms with Gasteiger partial charge in [-0.2, -0.15) is 0 Å². The fraction of sp³-hybridized carbons (Fsp3) is 0.261. The van der Waals surface area contributed by atoms with Gasteiger partial charge in [0.15, 0.2) is 11.0 Å². The highest BCUT2D eigenvalue weighted by molar-refractivity contribution is 7.99. The molecular formula is C23H26N4O3S. The number of ether oxygens (including phenoxy) is 2. The molecule has 0 bridgehead atoms. The van der Waals surface area contributed by atoms with Gasteiger partial charge in [-0.15, -0.1) is 16.8 Å². The fourth-order valence-electron chi connectivity index (χ4n) is 2.93. The zero-order valence-corrected chi connectivity index (χ0v) is 18.7. The smallest absolute Gasteiger partial charge is 0.234 e. The number of nitrogens with one attached hydrogen (secondary N) is 1. The Bertz CT molecular complexity index is 1060. The van der Waals surface area contributed by atoms with Gasteiger partial charge in [-0.3, -0.25) is 9.36 Å². The van der Waals surface area contributed by atoms with E-state index in [2.05, 4.69) is 22.1 Å². The van der Waals surface area contributed by atoms with Gasteiger partial charge in [0.05, 0.1) is 18.6 Å². The number of hydrogen-bond acceptors (Lipinski definition) is 6. The molecule has 0 saturated heterocycles. The summed E-state index contributed by atoms with van der Waals surface area (Å²) in [6.45, 7) is 8.69. The Hall–Kier alpha value is -3.26. The summed E-state index contributed by atoms with van der Waals surface area (Å²) in [6.07, 6.45) is 1.77. The maximum atomic E-state index is 12.4. The number of anilines is 1. The van der Waals surface area contributed by atoms with Crippen molar-refractivity contribution in [3.8, 4) is 11.5 Å². The molecule has 8 heteroatoms. The van der Waals surface area contributed by atoms with Gasteiger partial charge >= 0.3 is 0 Å². The van der Waals surface area contributed by atoms with Crippen molar-refractivity contribution in [3.63, 3.8) is 0 Å². The van der Waals surface area contributed by atoms with E-state index in [1.54, 1.807) is 25.3 Å². The van der Waals surface area contributed by atoms with E-state index in [1.165, 1.54) is 17.3 Å². The monoisotopic (exact) mass is 438 g/mol. The third-order valence-corrected chi connectivity index (χ3v) is 5.70. The molecule has 0 spiro atoms. The van der Waals surface area contributed by atoms with E-state index >= 15 is 0 Å².